The SMILES string of the molecule is CCCCC[C@H]1CC[C@H](c2ccc(-c3ccc(C(=O)Nc4ccc(-c5ccc6c(c5)-c5c(c7c(c8ccc(-c9ccc(NC(=O)c%10ccc(-c%11ccc([C@H]%12CC[C@H](CCCCC)CC%12)cc%11)cc%10)cc9)cc58)OC(c5ccccc5)(c5ccc(OC)cc5)C=C7)C6(C)C)cc4)cc3)cc2)CC1. The first-order valence-electron chi connectivity index (χ1n) is 37.5. The predicted molar refractivity (Wildman–Crippen MR) is 420 cm³/mol. The van der Waals surface area contributed by atoms with E-state index in [2.05, 4.69) is 220 Å². The van der Waals surface area contributed by atoms with Crippen molar-refractivity contribution >= 4 is 40.0 Å². The van der Waals surface area contributed by atoms with Crippen LogP contribution in [0.1, 0.15) is 202 Å². The summed E-state index contributed by atoms with van der Waals surface area (Å²) in [5, 5.41) is 8.46. The molecule has 508 valence electrons. The van der Waals surface area contributed by atoms with E-state index >= 15 is 0 Å². The van der Waals surface area contributed by atoms with Gasteiger partial charge >= 0.3 is 0 Å². The van der Waals surface area contributed by atoms with E-state index in [1.54, 1.807) is 7.11 Å². The molecule has 0 bridgehead atoms. The van der Waals surface area contributed by atoms with Gasteiger partial charge in [-0.25, -0.2) is 0 Å². The molecule has 1 aliphatic heterocycles. The second-order valence-electron chi connectivity index (χ2n) is 29.8. The number of rotatable bonds is 21. The number of hydrogen-bond acceptors (Lipinski definition) is 4. The lowest BCUT2D eigenvalue weighted by Gasteiger charge is -2.38. The highest BCUT2D eigenvalue weighted by Gasteiger charge is 2.45. The monoisotopic (exact) mass is 1330 g/mol. The zero-order valence-corrected chi connectivity index (χ0v) is 59.4. The van der Waals surface area contributed by atoms with Crippen molar-refractivity contribution < 1.29 is 19.1 Å². The average molecular weight is 1330 g/mol. The van der Waals surface area contributed by atoms with Crippen molar-refractivity contribution in [3.05, 3.63) is 293 Å². The van der Waals surface area contributed by atoms with Crippen LogP contribution in [-0.2, 0) is 11.0 Å². The maximum Gasteiger partial charge on any atom is 0.255 e. The van der Waals surface area contributed by atoms with Crippen LogP contribution in [0.25, 0.3) is 72.5 Å². The Bertz CT molecular complexity index is 4770. The molecule has 2 fully saturated rings. The van der Waals surface area contributed by atoms with Gasteiger partial charge in [-0.3, -0.25) is 9.59 Å². The van der Waals surface area contributed by atoms with E-state index in [0.717, 1.165) is 95.6 Å². The fourth-order valence-electron chi connectivity index (χ4n) is 17.2. The van der Waals surface area contributed by atoms with Gasteiger partial charge in [0.2, 0.25) is 0 Å². The van der Waals surface area contributed by atoms with E-state index in [9.17, 15) is 9.59 Å². The highest BCUT2D eigenvalue weighted by molar-refractivity contribution is 6.11. The summed E-state index contributed by atoms with van der Waals surface area (Å²) in [7, 11) is 1.70. The molecular weight excluding hydrogens is 1230 g/mol. The van der Waals surface area contributed by atoms with Crippen molar-refractivity contribution in [2.75, 3.05) is 17.7 Å². The summed E-state index contributed by atoms with van der Waals surface area (Å²) in [6, 6.07) is 83.1. The molecule has 11 aromatic rings. The molecule has 0 aromatic heterocycles. The van der Waals surface area contributed by atoms with Gasteiger partial charge in [-0.15, -0.1) is 0 Å². The predicted octanol–water partition coefficient (Wildman–Crippen LogP) is 25.4. The molecule has 4 aliphatic rings. The Labute approximate surface area is 598 Å². The molecule has 11 aromatic carbocycles. The van der Waals surface area contributed by atoms with E-state index < -0.39 is 11.0 Å². The Morgan fingerprint density at radius 1 is 0.455 bits per heavy atom. The lowest BCUT2D eigenvalue weighted by atomic mass is 9.76. The second-order valence-corrected chi connectivity index (χ2v) is 29.8. The Morgan fingerprint density at radius 2 is 0.891 bits per heavy atom. The normalized spacial score (nSPS) is 18.8. The quantitative estimate of drug-likeness (QED) is 0.0703. The zero-order valence-electron chi connectivity index (χ0n) is 59.4. The molecule has 2 saturated carbocycles. The Hall–Kier alpha value is -10.0. The molecule has 1 unspecified atom stereocenters. The molecule has 6 heteroatoms. The van der Waals surface area contributed by atoms with Crippen LogP contribution in [0.2, 0.25) is 0 Å². The number of anilines is 2. The number of hydrogen-bond donors (Lipinski definition) is 2. The zero-order chi connectivity index (χ0) is 69.0. The molecule has 15 rings (SSSR count). The van der Waals surface area contributed by atoms with Crippen LogP contribution in [-0.4, -0.2) is 18.9 Å². The molecule has 2 N–H and O–H groups in total. The van der Waals surface area contributed by atoms with Gasteiger partial charge in [-0.1, -0.05) is 243 Å². The number of methoxy groups -OCH3 is 1. The number of ether oxygens (including phenoxy) is 2. The summed E-state index contributed by atoms with van der Waals surface area (Å²) >= 11 is 0. The minimum atomic E-state index is -0.945. The third-order valence-electron chi connectivity index (χ3n) is 23.2. The Balaban J connectivity index is 0.683. The van der Waals surface area contributed by atoms with Crippen molar-refractivity contribution in [3.8, 4) is 67.1 Å². The summed E-state index contributed by atoms with van der Waals surface area (Å²) in [6.45, 7) is 9.27. The fraction of sp³-hybridized carbons (Fsp3) is 0.284. The Kier molecular flexibility index (Phi) is 19.4. The largest absolute Gasteiger partial charge is 0.497 e. The van der Waals surface area contributed by atoms with Gasteiger partial charge in [0.25, 0.3) is 11.8 Å². The van der Waals surface area contributed by atoms with Crippen molar-refractivity contribution in [2.45, 2.75) is 153 Å². The van der Waals surface area contributed by atoms with Gasteiger partial charge in [-0.2, -0.15) is 0 Å². The smallest absolute Gasteiger partial charge is 0.255 e. The molecule has 0 spiro atoms. The number of benzene rings is 11. The van der Waals surface area contributed by atoms with E-state index in [4.69, 9.17) is 9.47 Å². The highest BCUT2D eigenvalue weighted by Crippen LogP contribution is 2.59. The summed E-state index contributed by atoms with van der Waals surface area (Å²) in [5.74, 6) is 4.43. The topological polar surface area (TPSA) is 76.7 Å². The molecule has 1 heterocycles. The summed E-state index contributed by atoms with van der Waals surface area (Å²) < 4.78 is 13.4. The van der Waals surface area contributed by atoms with E-state index in [1.165, 1.54) is 147 Å². The third kappa shape index (κ3) is 13.8. The van der Waals surface area contributed by atoms with E-state index in [-0.39, 0.29) is 11.8 Å². The number of fused-ring (bicyclic) bond motifs is 8. The van der Waals surface area contributed by atoms with Gasteiger partial charge in [0.15, 0.2) is 5.60 Å². The van der Waals surface area contributed by atoms with Crippen LogP contribution in [0.4, 0.5) is 11.4 Å². The van der Waals surface area contributed by atoms with Gasteiger partial charge in [0.05, 0.1) is 7.11 Å². The first-order chi connectivity index (χ1) is 49.4. The third-order valence-corrected chi connectivity index (χ3v) is 23.2. The van der Waals surface area contributed by atoms with Crippen molar-refractivity contribution in [2.24, 2.45) is 11.8 Å². The van der Waals surface area contributed by atoms with Crippen molar-refractivity contribution in [3.63, 3.8) is 0 Å². The lowest BCUT2D eigenvalue weighted by molar-refractivity contribution is 0.101. The number of carbonyl (C=O) groups excluding carboxylic acids is 2. The number of nitrogens with one attached hydrogen (secondary N) is 2. The first-order valence-corrected chi connectivity index (χ1v) is 37.5. The highest BCUT2D eigenvalue weighted by atomic mass is 16.5. The number of carbonyl (C=O) groups is 2. The summed E-state index contributed by atoms with van der Waals surface area (Å²) in [5.41, 5.74) is 20.8. The molecule has 2 amide bonds. The van der Waals surface area contributed by atoms with Crippen LogP contribution in [0.15, 0.2) is 243 Å². The minimum absolute atomic E-state index is 0.143. The lowest BCUT2D eigenvalue weighted by Crippen LogP contribution is -2.35. The van der Waals surface area contributed by atoms with Crippen LogP contribution in [0, 0.1) is 11.8 Å². The van der Waals surface area contributed by atoms with Crippen molar-refractivity contribution in [1.29, 1.82) is 0 Å². The number of unbranched alkanes of at least 4 members (excludes halogenated alkanes) is 4. The molecule has 1 atom stereocenters. The minimum Gasteiger partial charge on any atom is -0.497 e. The van der Waals surface area contributed by atoms with Crippen LogP contribution >= 0.6 is 0 Å². The van der Waals surface area contributed by atoms with Crippen LogP contribution in [0.5, 0.6) is 11.5 Å². The number of amides is 2. The summed E-state index contributed by atoms with van der Waals surface area (Å²) in [6.07, 6.45) is 26.0. The van der Waals surface area contributed by atoms with Crippen molar-refractivity contribution in [1.82, 2.24) is 0 Å². The van der Waals surface area contributed by atoms with E-state index in [1.807, 2.05) is 66.7 Å². The van der Waals surface area contributed by atoms with Gasteiger partial charge in [0, 0.05) is 50.0 Å². The maximum absolute atomic E-state index is 13.9. The van der Waals surface area contributed by atoms with Gasteiger partial charge in [-0.05, 0) is 243 Å². The maximum atomic E-state index is 13.9. The molecule has 6 nitrogen and oxygen atoms in total. The standard InChI is InChI=1S/C95H94N2O4/c1-6-8-11-15-63-19-23-65(24-20-63)67-27-31-69(32-28-67)71-35-39-75(40-36-71)92(98)96-81-51-43-73(44-52-81)77-47-57-84-86(61-77)89-87-62-78(48-58-88(87)94(3,4)90(89)85-59-60-95(101-91(84)85,79-17-13-10-14-18-79)80-49-55-83(100-5)56-50-80)74-45-53-82(54-46-74)97-93(99)76-41-37-72(38-42-76)70-33-29-68(30-34-70)66-25-21-64(22-26-66)16-12-9-7-2/h10,13-14,17-18,27-66H,6-9,11-12,15-16,19-26H2,1-5H3,(H,96,98)(H,97,99)/t63-,64-,65-,66-,95?. The fourth-order valence-corrected chi connectivity index (χ4v) is 17.2. The molecular formula is C95H94N2O4. The second kappa shape index (κ2) is 29.3. The summed E-state index contributed by atoms with van der Waals surface area (Å²) in [4.78, 5) is 27.7. The van der Waals surface area contributed by atoms with Gasteiger partial charge < -0.3 is 20.1 Å². The van der Waals surface area contributed by atoms with Gasteiger partial charge in [0.1, 0.15) is 11.5 Å². The molecule has 3 aliphatic carbocycles. The molecule has 0 saturated heterocycles. The molecule has 0 radical (unpaired) electrons. The average Bonchev–Trinajstić information content (AvgIpc) is 1.58. The van der Waals surface area contributed by atoms with Crippen LogP contribution < -0.4 is 20.1 Å². The molecule has 101 heavy (non-hydrogen) atoms. The first kappa shape index (κ1) is 66.8. The van der Waals surface area contributed by atoms with Crippen LogP contribution in [0.3, 0.4) is 0 Å². The van der Waals surface area contributed by atoms with E-state index in [0.29, 0.717) is 23.0 Å². The Morgan fingerprint density at radius 3 is 1.38 bits per heavy atom.